The average Bonchev–Trinajstić information content (AvgIpc) is 3.14. The summed E-state index contributed by atoms with van der Waals surface area (Å²) < 4.78 is 5.53. The molecule has 0 radical (unpaired) electrons. The molecule has 0 spiro atoms. The van der Waals surface area contributed by atoms with E-state index < -0.39 is 0 Å². The Labute approximate surface area is 107 Å². The maximum atomic E-state index is 5.53. The van der Waals surface area contributed by atoms with Crippen LogP contribution < -0.4 is 5.32 Å². The predicted octanol–water partition coefficient (Wildman–Crippen LogP) is 3.16. The molecule has 0 aliphatic heterocycles. The summed E-state index contributed by atoms with van der Waals surface area (Å²) in [6.07, 6.45) is 5.40. The van der Waals surface area contributed by atoms with Crippen molar-refractivity contribution in [3.8, 4) is 11.5 Å². The van der Waals surface area contributed by atoms with Crippen LogP contribution >= 0.6 is 0 Å². The van der Waals surface area contributed by atoms with Crippen molar-refractivity contribution in [1.29, 1.82) is 0 Å². The molecule has 1 aromatic heterocycles. The van der Waals surface area contributed by atoms with Gasteiger partial charge in [0.1, 0.15) is 6.26 Å². The van der Waals surface area contributed by atoms with Crippen LogP contribution in [0.3, 0.4) is 0 Å². The van der Waals surface area contributed by atoms with Crippen molar-refractivity contribution in [2.75, 3.05) is 0 Å². The van der Waals surface area contributed by atoms with Gasteiger partial charge in [-0.15, -0.1) is 0 Å². The van der Waals surface area contributed by atoms with Gasteiger partial charge in [-0.05, 0) is 37.0 Å². The minimum absolute atomic E-state index is 0.703. The SMILES string of the molecule is CCc1ccc(-c2nc(CNC3CC3)co2)cc1. The molecular formula is C15H18N2O. The Morgan fingerprint density at radius 2 is 2.06 bits per heavy atom. The van der Waals surface area contributed by atoms with E-state index in [2.05, 4.69) is 41.5 Å². The first-order valence-electron chi connectivity index (χ1n) is 6.62. The molecule has 1 aliphatic carbocycles. The Balaban J connectivity index is 1.70. The van der Waals surface area contributed by atoms with Gasteiger partial charge in [0.25, 0.3) is 0 Å². The van der Waals surface area contributed by atoms with Crippen molar-refractivity contribution >= 4 is 0 Å². The number of aromatic nitrogens is 1. The second-order valence-electron chi connectivity index (χ2n) is 4.85. The number of rotatable bonds is 5. The second-order valence-corrected chi connectivity index (χ2v) is 4.85. The van der Waals surface area contributed by atoms with Gasteiger partial charge >= 0.3 is 0 Å². The van der Waals surface area contributed by atoms with Gasteiger partial charge in [0.05, 0.1) is 5.69 Å². The van der Waals surface area contributed by atoms with Gasteiger partial charge in [0.15, 0.2) is 0 Å². The fourth-order valence-corrected chi connectivity index (χ4v) is 1.94. The molecule has 0 saturated heterocycles. The zero-order valence-electron chi connectivity index (χ0n) is 10.6. The van der Waals surface area contributed by atoms with Gasteiger partial charge in [-0.3, -0.25) is 0 Å². The number of hydrogen-bond acceptors (Lipinski definition) is 3. The van der Waals surface area contributed by atoms with Crippen LogP contribution in [0.4, 0.5) is 0 Å². The molecule has 3 nitrogen and oxygen atoms in total. The fourth-order valence-electron chi connectivity index (χ4n) is 1.94. The summed E-state index contributed by atoms with van der Waals surface area (Å²) in [6, 6.07) is 9.10. The van der Waals surface area contributed by atoms with E-state index in [9.17, 15) is 0 Å². The number of nitrogens with zero attached hydrogens (tertiary/aromatic N) is 1. The first kappa shape index (κ1) is 11.5. The quantitative estimate of drug-likeness (QED) is 0.875. The molecule has 1 saturated carbocycles. The standard InChI is InChI=1S/C15H18N2O/c1-2-11-3-5-12(6-4-11)15-17-14(10-18-15)9-16-13-7-8-13/h3-6,10,13,16H,2,7-9H2,1H3. The molecule has 1 N–H and O–H groups in total. The lowest BCUT2D eigenvalue weighted by atomic mass is 10.1. The fraction of sp³-hybridized carbons (Fsp3) is 0.400. The highest BCUT2D eigenvalue weighted by Crippen LogP contribution is 2.21. The van der Waals surface area contributed by atoms with Crippen molar-refractivity contribution in [2.24, 2.45) is 0 Å². The van der Waals surface area contributed by atoms with E-state index in [1.54, 1.807) is 6.26 Å². The Morgan fingerprint density at radius 1 is 1.28 bits per heavy atom. The topological polar surface area (TPSA) is 38.1 Å². The third-order valence-corrected chi connectivity index (χ3v) is 3.31. The van der Waals surface area contributed by atoms with Crippen molar-refractivity contribution < 1.29 is 4.42 Å². The summed E-state index contributed by atoms with van der Waals surface area (Å²) in [4.78, 5) is 4.51. The van der Waals surface area contributed by atoms with E-state index in [0.717, 1.165) is 24.2 Å². The Morgan fingerprint density at radius 3 is 2.72 bits per heavy atom. The van der Waals surface area contributed by atoms with Gasteiger partial charge in [0.2, 0.25) is 5.89 Å². The predicted molar refractivity (Wildman–Crippen MR) is 71.2 cm³/mol. The van der Waals surface area contributed by atoms with Crippen LogP contribution in [-0.2, 0) is 13.0 Å². The molecule has 18 heavy (non-hydrogen) atoms. The van der Waals surface area contributed by atoms with Crippen LogP contribution in [0.25, 0.3) is 11.5 Å². The van der Waals surface area contributed by atoms with E-state index >= 15 is 0 Å². The molecule has 0 unspecified atom stereocenters. The maximum absolute atomic E-state index is 5.53. The number of hydrogen-bond donors (Lipinski definition) is 1. The second kappa shape index (κ2) is 4.94. The van der Waals surface area contributed by atoms with Crippen LogP contribution in [0.5, 0.6) is 0 Å². The largest absolute Gasteiger partial charge is 0.444 e. The van der Waals surface area contributed by atoms with Crippen LogP contribution in [0.1, 0.15) is 31.0 Å². The maximum Gasteiger partial charge on any atom is 0.226 e. The number of nitrogens with one attached hydrogen (secondary N) is 1. The summed E-state index contributed by atoms with van der Waals surface area (Å²) in [5.74, 6) is 0.713. The van der Waals surface area contributed by atoms with E-state index in [0.29, 0.717) is 11.9 Å². The average molecular weight is 242 g/mol. The van der Waals surface area contributed by atoms with Crippen molar-refractivity contribution in [3.63, 3.8) is 0 Å². The van der Waals surface area contributed by atoms with E-state index in [4.69, 9.17) is 4.42 Å². The van der Waals surface area contributed by atoms with Crippen molar-refractivity contribution in [3.05, 3.63) is 41.8 Å². The molecule has 1 heterocycles. The number of aryl methyl sites for hydroxylation is 1. The summed E-state index contributed by atoms with van der Waals surface area (Å²) >= 11 is 0. The van der Waals surface area contributed by atoms with E-state index in [-0.39, 0.29) is 0 Å². The van der Waals surface area contributed by atoms with Crippen LogP contribution in [0.2, 0.25) is 0 Å². The van der Waals surface area contributed by atoms with Gasteiger partial charge in [-0.25, -0.2) is 4.98 Å². The zero-order chi connectivity index (χ0) is 12.4. The minimum Gasteiger partial charge on any atom is -0.444 e. The molecular weight excluding hydrogens is 224 g/mol. The normalized spacial score (nSPS) is 14.9. The summed E-state index contributed by atoms with van der Waals surface area (Å²) in [7, 11) is 0. The molecule has 1 aliphatic rings. The Kier molecular flexibility index (Phi) is 3.15. The smallest absolute Gasteiger partial charge is 0.226 e. The highest BCUT2D eigenvalue weighted by molar-refractivity contribution is 5.53. The lowest BCUT2D eigenvalue weighted by Gasteiger charge is -1.98. The Hall–Kier alpha value is -1.61. The van der Waals surface area contributed by atoms with Crippen LogP contribution in [0, 0.1) is 0 Å². The van der Waals surface area contributed by atoms with E-state index in [1.165, 1.54) is 18.4 Å². The monoisotopic (exact) mass is 242 g/mol. The molecule has 0 atom stereocenters. The van der Waals surface area contributed by atoms with Gasteiger partial charge in [-0.2, -0.15) is 0 Å². The van der Waals surface area contributed by atoms with Crippen molar-refractivity contribution in [1.82, 2.24) is 10.3 Å². The van der Waals surface area contributed by atoms with Gasteiger partial charge in [0, 0.05) is 18.2 Å². The molecule has 3 rings (SSSR count). The third-order valence-electron chi connectivity index (χ3n) is 3.31. The molecule has 3 heteroatoms. The Bertz CT molecular complexity index is 512. The van der Waals surface area contributed by atoms with Crippen molar-refractivity contribution in [2.45, 2.75) is 38.8 Å². The minimum atomic E-state index is 0.703. The molecule has 0 amide bonds. The van der Waals surface area contributed by atoms with Gasteiger partial charge < -0.3 is 9.73 Å². The third kappa shape index (κ3) is 2.62. The molecule has 94 valence electrons. The first-order valence-corrected chi connectivity index (χ1v) is 6.62. The number of benzene rings is 1. The lowest BCUT2D eigenvalue weighted by molar-refractivity contribution is 0.570. The molecule has 0 bridgehead atoms. The van der Waals surface area contributed by atoms with Gasteiger partial charge in [-0.1, -0.05) is 19.1 Å². The van der Waals surface area contributed by atoms with E-state index in [1.807, 2.05) is 0 Å². The van der Waals surface area contributed by atoms with Crippen LogP contribution in [-0.4, -0.2) is 11.0 Å². The molecule has 1 fully saturated rings. The zero-order valence-corrected chi connectivity index (χ0v) is 10.6. The molecule has 1 aromatic carbocycles. The summed E-state index contributed by atoms with van der Waals surface area (Å²) in [5, 5.41) is 3.43. The highest BCUT2D eigenvalue weighted by Gasteiger charge is 2.20. The number of oxazole rings is 1. The summed E-state index contributed by atoms with van der Waals surface area (Å²) in [6.45, 7) is 2.96. The first-order chi connectivity index (χ1) is 8.85. The lowest BCUT2D eigenvalue weighted by Crippen LogP contribution is -2.15. The molecule has 2 aromatic rings. The van der Waals surface area contributed by atoms with Crippen LogP contribution in [0.15, 0.2) is 34.9 Å². The summed E-state index contributed by atoms with van der Waals surface area (Å²) in [5.41, 5.74) is 3.36. The highest BCUT2D eigenvalue weighted by atomic mass is 16.3.